The van der Waals surface area contributed by atoms with Crippen molar-refractivity contribution in [2.24, 2.45) is 5.92 Å². The van der Waals surface area contributed by atoms with Crippen LogP contribution in [0.4, 0.5) is 0 Å². The van der Waals surface area contributed by atoms with Gasteiger partial charge < -0.3 is 0 Å². The molecule has 0 amide bonds. The van der Waals surface area contributed by atoms with Crippen LogP contribution in [-0.4, -0.2) is 0 Å². The van der Waals surface area contributed by atoms with Gasteiger partial charge in [-0.1, -0.05) is 75.4 Å². The highest BCUT2D eigenvalue weighted by atomic mass is 14.2. The number of rotatable bonds is 5. The molecule has 104 valence electrons. The largest absolute Gasteiger partial charge is 0.0955 e. The summed E-state index contributed by atoms with van der Waals surface area (Å²) in [5.74, 6) is 1.70. The molecule has 0 N–H and O–H groups in total. The molecule has 0 bridgehead atoms. The maximum atomic E-state index is 4.00. The lowest BCUT2D eigenvalue weighted by molar-refractivity contribution is 0.325. The summed E-state index contributed by atoms with van der Waals surface area (Å²) in [6.07, 6.45) is 10.1. The number of benzene rings is 1. The van der Waals surface area contributed by atoms with Gasteiger partial charge in [-0.25, -0.2) is 0 Å². The molecular formula is C19H28. The fourth-order valence-electron chi connectivity index (χ4n) is 3.22. The first-order chi connectivity index (χ1) is 9.16. The highest BCUT2D eigenvalue weighted by Gasteiger charge is 2.15. The lowest BCUT2D eigenvalue weighted by atomic mass is 9.83. The molecule has 1 atom stereocenters. The Labute approximate surface area is 118 Å². The number of allylic oxidation sites excluding steroid dienone is 1. The van der Waals surface area contributed by atoms with Gasteiger partial charge in [-0.3, -0.25) is 0 Å². The second kappa shape index (κ2) is 6.93. The van der Waals surface area contributed by atoms with E-state index in [0.29, 0.717) is 5.92 Å². The van der Waals surface area contributed by atoms with E-state index in [2.05, 4.69) is 44.7 Å². The molecule has 0 heterocycles. The van der Waals surface area contributed by atoms with Gasteiger partial charge in [-0.2, -0.15) is 0 Å². The highest BCUT2D eigenvalue weighted by Crippen LogP contribution is 2.31. The van der Waals surface area contributed by atoms with Gasteiger partial charge >= 0.3 is 0 Å². The molecule has 1 aliphatic carbocycles. The monoisotopic (exact) mass is 256 g/mol. The highest BCUT2D eigenvalue weighted by molar-refractivity contribution is 5.61. The third-order valence-corrected chi connectivity index (χ3v) is 4.71. The van der Waals surface area contributed by atoms with Crippen molar-refractivity contribution in [2.75, 3.05) is 0 Å². The molecule has 0 aliphatic heterocycles. The van der Waals surface area contributed by atoms with Crippen molar-refractivity contribution in [3.05, 3.63) is 42.0 Å². The zero-order chi connectivity index (χ0) is 13.7. The van der Waals surface area contributed by atoms with Crippen LogP contribution in [0.5, 0.6) is 0 Å². The molecule has 19 heavy (non-hydrogen) atoms. The summed E-state index contributed by atoms with van der Waals surface area (Å²) < 4.78 is 0. The van der Waals surface area contributed by atoms with E-state index in [1.165, 1.54) is 56.1 Å². The summed E-state index contributed by atoms with van der Waals surface area (Å²) >= 11 is 0. The second-order valence-electron chi connectivity index (χ2n) is 6.38. The van der Waals surface area contributed by atoms with Crippen LogP contribution < -0.4 is 0 Å². The fraction of sp³-hybridized carbons (Fsp3) is 0.579. The van der Waals surface area contributed by atoms with Crippen LogP contribution in [0.15, 0.2) is 30.8 Å². The lowest BCUT2D eigenvalue weighted by Crippen LogP contribution is -2.07. The quantitative estimate of drug-likeness (QED) is 0.589. The molecule has 1 fully saturated rings. The Hall–Kier alpha value is -1.04. The molecule has 0 radical (unpaired) electrons. The Bertz CT molecular complexity index is 393. The predicted octanol–water partition coefficient (Wildman–Crippen LogP) is 6.18. The van der Waals surface area contributed by atoms with E-state index in [-0.39, 0.29) is 0 Å². The summed E-state index contributed by atoms with van der Waals surface area (Å²) in [5, 5.41) is 0. The Balaban J connectivity index is 1.84. The SMILES string of the molecule is C=C(C)c1ccc(C(C)CCC2CCCCC2)cc1. The molecule has 1 aliphatic rings. The third-order valence-electron chi connectivity index (χ3n) is 4.71. The van der Waals surface area contributed by atoms with Crippen LogP contribution >= 0.6 is 0 Å². The maximum Gasteiger partial charge on any atom is -0.0190 e. The Morgan fingerprint density at radius 3 is 2.37 bits per heavy atom. The van der Waals surface area contributed by atoms with Gasteiger partial charge in [0.05, 0.1) is 0 Å². The van der Waals surface area contributed by atoms with Crippen molar-refractivity contribution < 1.29 is 0 Å². The minimum atomic E-state index is 0.695. The van der Waals surface area contributed by atoms with E-state index in [0.717, 1.165) is 11.5 Å². The minimum absolute atomic E-state index is 0.695. The van der Waals surface area contributed by atoms with Crippen LogP contribution in [0.25, 0.3) is 5.57 Å². The number of hydrogen-bond acceptors (Lipinski definition) is 0. The average Bonchev–Trinajstić information content (AvgIpc) is 2.46. The molecule has 0 heteroatoms. The molecule has 1 unspecified atom stereocenters. The summed E-state index contributed by atoms with van der Waals surface area (Å²) in [5.41, 5.74) is 3.91. The van der Waals surface area contributed by atoms with Gasteiger partial charge in [0, 0.05) is 0 Å². The molecular weight excluding hydrogens is 228 g/mol. The first kappa shape index (κ1) is 14.4. The van der Waals surface area contributed by atoms with Gasteiger partial charge in [0.1, 0.15) is 0 Å². The zero-order valence-electron chi connectivity index (χ0n) is 12.6. The minimum Gasteiger partial charge on any atom is -0.0955 e. The Morgan fingerprint density at radius 2 is 1.79 bits per heavy atom. The van der Waals surface area contributed by atoms with Crippen molar-refractivity contribution in [3.63, 3.8) is 0 Å². The van der Waals surface area contributed by atoms with E-state index in [1.807, 2.05) is 0 Å². The van der Waals surface area contributed by atoms with Crippen LogP contribution in [0.1, 0.15) is 75.8 Å². The molecule has 0 nitrogen and oxygen atoms in total. The van der Waals surface area contributed by atoms with Crippen LogP contribution in [0, 0.1) is 5.92 Å². The van der Waals surface area contributed by atoms with E-state index in [1.54, 1.807) is 0 Å². The van der Waals surface area contributed by atoms with Gasteiger partial charge in [0.25, 0.3) is 0 Å². The normalized spacial score (nSPS) is 18.2. The van der Waals surface area contributed by atoms with Gasteiger partial charge in [0.2, 0.25) is 0 Å². The van der Waals surface area contributed by atoms with E-state index < -0.39 is 0 Å². The van der Waals surface area contributed by atoms with Crippen molar-refractivity contribution in [2.45, 2.75) is 64.7 Å². The van der Waals surface area contributed by atoms with Gasteiger partial charge in [0.15, 0.2) is 0 Å². The molecule has 1 aromatic carbocycles. The summed E-state index contributed by atoms with van der Waals surface area (Å²) in [6.45, 7) is 8.44. The van der Waals surface area contributed by atoms with E-state index in [4.69, 9.17) is 0 Å². The fourth-order valence-corrected chi connectivity index (χ4v) is 3.22. The molecule has 1 aromatic rings. The van der Waals surface area contributed by atoms with Crippen LogP contribution in [-0.2, 0) is 0 Å². The van der Waals surface area contributed by atoms with Crippen molar-refractivity contribution in [1.82, 2.24) is 0 Å². The zero-order valence-corrected chi connectivity index (χ0v) is 12.6. The van der Waals surface area contributed by atoms with Gasteiger partial charge in [-0.05, 0) is 42.7 Å². The van der Waals surface area contributed by atoms with Crippen LogP contribution in [0.2, 0.25) is 0 Å². The Kier molecular flexibility index (Phi) is 5.24. The molecule has 0 spiro atoms. The standard InChI is InChI=1S/C19H28/c1-15(2)18-11-13-19(14-12-18)16(3)9-10-17-7-5-4-6-8-17/h11-14,16-17H,1,4-10H2,2-3H3. The second-order valence-corrected chi connectivity index (χ2v) is 6.38. The summed E-state index contributed by atoms with van der Waals surface area (Å²) in [7, 11) is 0. The van der Waals surface area contributed by atoms with Gasteiger partial charge in [-0.15, -0.1) is 0 Å². The molecule has 1 saturated carbocycles. The number of hydrogen-bond donors (Lipinski definition) is 0. The molecule has 0 aromatic heterocycles. The first-order valence-electron chi connectivity index (χ1n) is 7.92. The smallest absolute Gasteiger partial charge is 0.0190 e. The van der Waals surface area contributed by atoms with Crippen molar-refractivity contribution >= 4 is 5.57 Å². The van der Waals surface area contributed by atoms with E-state index >= 15 is 0 Å². The average molecular weight is 256 g/mol. The summed E-state index contributed by atoms with van der Waals surface area (Å²) in [4.78, 5) is 0. The topological polar surface area (TPSA) is 0 Å². The molecule has 2 rings (SSSR count). The first-order valence-corrected chi connectivity index (χ1v) is 7.92. The van der Waals surface area contributed by atoms with Crippen LogP contribution in [0.3, 0.4) is 0 Å². The summed E-state index contributed by atoms with van der Waals surface area (Å²) in [6, 6.07) is 9.01. The lowest BCUT2D eigenvalue weighted by Gasteiger charge is -2.23. The predicted molar refractivity (Wildman–Crippen MR) is 85.4 cm³/mol. The molecule has 0 saturated heterocycles. The van der Waals surface area contributed by atoms with E-state index in [9.17, 15) is 0 Å². The third kappa shape index (κ3) is 4.23. The van der Waals surface area contributed by atoms with Crippen molar-refractivity contribution in [1.29, 1.82) is 0 Å². The maximum absolute atomic E-state index is 4.00. The Morgan fingerprint density at radius 1 is 1.16 bits per heavy atom. The van der Waals surface area contributed by atoms with Crippen molar-refractivity contribution in [3.8, 4) is 0 Å².